The normalized spacial score (nSPS) is 16.6. The zero-order valence-corrected chi connectivity index (χ0v) is 24.6. The van der Waals surface area contributed by atoms with Gasteiger partial charge in [0.1, 0.15) is 12.6 Å². The van der Waals surface area contributed by atoms with Crippen LogP contribution in [0.15, 0.2) is 36.9 Å². The molecule has 0 saturated heterocycles. The van der Waals surface area contributed by atoms with Crippen molar-refractivity contribution in [2.24, 2.45) is 5.73 Å². The molecule has 1 aliphatic carbocycles. The molecule has 5 rings (SSSR count). The molecule has 1 saturated carbocycles. The van der Waals surface area contributed by atoms with Gasteiger partial charge in [0.2, 0.25) is 5.91 Å². The first-order chi connectivity index (χ1) is 21.9. The molecule has 0 bridgehead atoms. The summed E-state index contributed by atoms with van der Waals surface area (Å²) in [7, 11) is 0. The zero-order chi connectivity index (χ0) is 33.2. The highest BCUT2D eigenvalue weighted by Gasteiger charge is 2.38. The summed E-state index contributed by atoms with van der Waals surface area (Å²) in [4.78, 5) is 45.9. The van der Waals surface area contributed by atoms with Gasteiger partial charge in [-0.3, -0.25) is 23.5 Å². The highest BCUT2D eigenvalue weighted by atomic mass is 19.4. The number of carbonyl (C=O) groups is 3. The molecule has 4 aromatic rings. The van der Waals surface area contributed by atoms with E-state index in [2.05, 4.69) is 31.0 Å². The summed E-state index contributed by atoms with van der Waals surface area (Å²) in [6.45, 7) is 3.10. The number of hydrogen-bond acceptors (Lipinski definition) is 10. The van der Waals surface area contributed by atoms with Gasteiger partial charge in [0.15, 0.2) is 22.9 Å². The highest BCUT2D eigenvalue weighted by molar-refractivity contribution is 6.00. The zero-order valence-electron chi connectivity index (χ0n) is 24.6. The van der Waals surface area contributed by atoms with Gasteiger partial charge in [-0.2, -0.15) is 23.5 Å². The lowest BCUT2D eigenvalue weighted by Gasteiger charge is -2.33. The molecule has 1 aromatic carbocycles. The second-order valence-electron chi connectivity index (χ2n) is 10.7. The van der Waals surface area contributed by atoms with Gasteiger partial charge in [0.05, 0.1) is 29.2 Å². The van der Waals surface area contributed by atoms with E-state index in [0.29, 0.717) is 18.4 Å². The third kappa shape index (κ3) is 6.33. The van der Waals surface area contributed by atoms with Crippen LogP contribution in [0.3, 0.4) is 0 Å². The molecule has 0 radical (unpaired) electrons. The van der Waals surface area contributed by atoms with Crippen LogP contribution in [0, 0.1) is 11.3 Å². The Balaban J connectivity index is 1.45. The lowest BCUT2D eigenvalue weighted by atomic mass is 9.87. The van der Waals surface area contributed by atoms with Crippen molar-refractivity contribution in [3.63, 3.8) is 0 Å². The van der Waals surface area contributed by atoms with Gasteiger partial charge in [-0.05, 0) is 38.3 Å². The molecule has 3 aromatic heterocycles. The van der Waals surface area contributed by atoms with Crippen LogP contribution < -0.4 is 26.4 Å². The first-order valence-corrected chi connectivity index (χ1v) is 14.2. The molecule has 0 aliphatic heterocycles. The number of halogens is 3. The van der Waals surface area contributed by atoms with Gasteiger partial charge in [0, 0.05) is 41.8 Å². The fourth-order valence-corrected chi connectivity index (χ4v) is 5.22. The minimum atomic E-state index is -4.80. The number of ether oxygens (including phenoxy) is 1. The molecular formula is C29H29F3N10O4. The summed E-state index contributed by atoms with van der Waals surface area (Å²) in [6, 6.07) is 3.87. The minimum absolute atomic E-state index is 0.0124. The molecule has 17 heteroatoms. The average Bonchev–Trinajstić information content (AvgIpc) is 3.62. The summed E-state index contributed by atoms with van der Waals surface area (Å²) < 4.78 is 49.0. The predicted molar refractivity (Wildman–Crippen MR) is 157 cm³/mol. The maximum absolute atomic E-state index is 13.8. The fourth-order valence-electron chi connectivity index (χ4n) is 5.22. The van der Waals surface area contributed by atoms with Gasteiger partial charge < -0.3 is 26.4 Å². The smallest absolute Gasteiger partial charge is 0.426 e. The molecule has 2 amide bonds. The number of rotatable bonds is 11. The molecule has 1 atom stereocenters. The van der Waals surface area contributed by atoms with Gasteiger partial charge in [-0.1, -0.05) is 6.92 Å². The van der Waals surface area contributed by atoms with Crippen LogP contribution in [0.4, 0.5) is 24.7 Å². The number of nitriles is 1. The number of nitrogens with two attached hydrogens (primary N) is 1. The maximum atomic E-state index is 13.8. The highest BCUT2D eigenvalue weighted by Crippen LogP contribution is 2.38. The van der Waals surface area contributed by atoms with E-state index in [1.165, 1.54) is 35.1 Å². The van der Waals surface area contributed by atoms with Crippen LogP contribution in [0.2, 0.25) is 0 Å². The SMILES string of the molecule is CCc1c(C(=O)N[C@H](C)C(=O)NC2CC(N)C2)ccc(Nc2nccn3c(-c4cn(CC#N)nc4C(F)(F)F)cnc23)c1OC=O. The van der Waals surface area contributed by atoms with Crippen molar-refractivity contribution in [2.75, 3.05) is 5.32 Å². The molecule has 1 fully saturated rings. The number of benzene rings is 1. The number of imidazole rings is 1. The van der Waals surface area contributed by atoms with Gasteiger partial charge >= 0.3 is 6.18 Å². The maximum Gasteiger partial charge on any atom is 0.435 e. The number of aromatic nitrogens is 5. The Labute approximate surface area is 259 Å². The molecule has 46 heavy (non-hydrogen) atoms. The molecule has 1 aliphatic rings. The Morgan fingerprint density at radius 2 is 2.04 bits per heavy atom. The Kier molecular flexibility index (Phi) is 8.91. The van der Waals surface area contributed by atoms with E-state index in [1.807, 2.05) is 0 Å². The van der Waals surface area contributed by atoms with E-state index in [9.17, 15) is 27.6 Å². The molecule has 0 spiro atoms. The lowest BCUT2D eigenvalue weighted by Crippen LogP contribution is -2.54. The quantitative estimate of drug-likeness (QED) is 0.177. The monoisotopic (exact) mass is 638 g/mol. The number of nitrogens with one attached hydrogen (secondary N) is 3. The van der Waals surface area contributed by atoms with E-state index in [-0.39, 0.29) is 77.2 Å². The van der Waals surface area contributed by atoms with Gasteiger partial charge in [-0.25, -0.2) is 9.97 Å². The lowest BCUT2D eigenvalue weighted by molar-refractivity contribution is -0.141. The Hall–Kier alpha value is -5.50. The van der Waals surface area contributed by atoms with Crippen molar-refractivity contribution in [3.8, 4) is 23.1 Å². The molecule has 240 valence electrons. The van der Waals surface area contributed by atoms with Gasteiger partial charge in [-0.15, -0.1) is 0 Å². The first kappa shape index (κ1) is 31.9. The standard InChI is InChI=1S/C29H29F3N10O4/c1-3-18-19(28(45)37-15(2)27(44)38-17-10-16(34)11-17)4-5-21(23(18)46-14-43)39-25-26-36-12-22(42(26)9-7-35-25)20-13-41(8-6-33)40-24(20)29(30,31)32/h4-5,7,9,12-17H,3,8,10-11,34H2,1-2H3,(H,35,39)(H,37,45)(H,38,44)/t15-,16?,17?/m1/s1. The van der Waals surface area contributed by atoms with E-state index in [4.69, 9.17) is 15.7 Å². The van der Waals surface area contributed by atoms with Crippen LogP contribution in [-0.2, 0) is 28.7 Å². The summed E-state index contributed by atoms with van der Waals surface area (Å²) in [6.07, 6.45) is 1.86. The third-order valence-corrected chi connectivity index (χ3v) is 7.51. The largest absolute Gasteiger partial charge is 0.435 e. The molecule has 0 unspecified atom stereocenters. The third-order valence-electron chi connectivity index (χ3n) is 7.51. The summed E-state index contributed by atoms with van der Waals surface area (Å²) in [5.41, 5.74) is 5.20. The number of nitrogens with zero attached hydrogens (tertiary/aromatic N) is 6. The predicted octanol–water partition coefficient (Wildman–Crippen LogP) is 2.70. The van der Waals surface area contributed by atoms with Crippen molar-refractivity contribution < 1.29 is 32.3 Å². The average molecular weight is 639 g/mol. The number of carbonyl (C=O) groups excluding carboxylic acids is 3. The van der Waals surface area contributed by atoms with E-state index in [1.54, 1.807) is 19.9 Å². The van der Waals surface area contributed by atoms with Crippen molar-refractivity contribution in [3.05, 3.63) is 53.7 Å². The van der Waals surface area contributed by atoms with E-state index < -0.39 is 23.8 Å². The van der Waals surface area contributed by atoms with Crippen molar-refractivity contribution in [1.29, 1.82) is 5.26 Å². The van der Waals surface area contributed by atoms with Crippen molar-refractivity contribution >= 4 is 35.4 Å². The molecular weight excluding hydrogens is 609 g/mol. The van der Waals surface area contributed by atoms with E-state index >= 15 is 0 Å². The van der Waals surface area contributed by atoms with Crippen molar-refractivity contribution in [1.82, 2.24) is 34.8 Å². The number of hydrogen-bond donors (Lipinski definition) is 4. The van der Waals surface area contributed by atoms with E-state index in [0.717, 1.165) is 10.9 Å². The molecule has 3 heterocycles. The van der Waals surface area contributed by atoms with Crippen LogP contribution in [0.25, 0.3) is 16.9 Å². The fraction of sp³-hybridized carbons (Fsp3) is 0.345. The number of amides is 2. The van der Waals surface area contributed by atoms with Crippen molar-refractivity contribution in [2.45, 2.75) is 64.0 Å². The molecule has 14 nitrogen and oxygen atoms in total. The number of alkyl halides is 3. The first-order valence-electron chi connectivity index (χ1n) is 14.2. The van der Waals surface area contributed by atoms with Crippen LogP contribution in [-0.4, -0.2) is 60.6 Å². The van der Waals surface area contributed by atoms with Crippen LogP contribution in [0.1, 0.15) is 48.3 Å². The topological polar surface area (TPSA) is 194 Å². The summed E-state index contributed by atoms with van der Waals surface area (Å²) in [5, 5.41) is 21.0. The molecule has 5 N–H and O–H groups in total. The second-order valence-corrected chi connectivity index (χ2v) is 10.7. The van der Waals surface area contributed by atoms with Gasteiger partial charge in [0.25, 0.3) is 12.4 Å². The minimum Gasteiger partial charge on any atom is -0.426 e. The van der Waals surface area contributed by atoms with Crippen LogP contribution >= 0.6 is 0 Å². The Morgan fingerprint density at radius 1 is 1.28 bits per heavy atom. The number of anilines is 2. The Bertz CT molecular complexity index is 1840. The summed E-state index contributed by atoms with van der Waals surface area (Å²) >= 11 is 0. The number of fused-ring (bicyclic) bond motifs is 1. The summed E-state index contributed by atoms with van der Waals surface area (Å²) in [5.74, 6) is -0.812. The second kappa shape index (κ2) is 12.9. The Morgan fingerprint density at radius 3 is 2.70 bits per heavy atom. The van der Waals surface area contributed by atoms with Crippen LogP contribution in [0.5, 0.6) is 5.75 Å².